The van der Waals surface area contributed by atoms with Crippen LogP contribution in [0.25, 0.3) is 0 Å². The predicted octanol–water partition coefficient (Wildman–Crippen LogP) is 0.984. The molecule has 21 heavy (non-hydrogen) atoms. The largest absolute Gasteiger partial charge is 0.460 e. The lowest BCUT2D eigenvalue weighted by atomic mass is 10.1. The van der Waals surface area contributed by atoms with E-state index in [4.69, 9.17) is 5.21 Å². The van der Waals surface area contributed by atoms with Crippen molar-refractivity contribution in [2.24, 2.45) is 5.16 Å². The van der Waals surface area contributed by atoms with E-state index in [1.165, 1.54) is 25.1 Å². The summed E-state index contributed by atoms with van der Waals surface area (Å²) in [4.78, 5) is 33.5. The van der Waals surface area contributed by atoms with Crippen molar-refractivity contribution >= 4 is 23.4 Å². The fourth-order valence-electron chi connectivity index (χ4n) is 1.48. The number of amides is 1. The minimum Gasteiger partial charge on any atom is -0.460 e. The summed E-state index contributed by atoms with van der Waals surface area (Å²) in [6.45, 7) is 3.19. The van der Waals surface area contributed by atoms with E-state index in [1.54, 1.807) is 6.92 Å². The number of hydrogen-bond donors (Lipinski definition) is 2. The summed E-state index contributed by atoms with van der Waals surface area (Å²) in [6, 6.07) is 3.93. The number of aryl methyl sites for hydroxylation is 1. The van der Waals surface area contributed by atoms with Gasteiger partial charge in [0.1, 0.15) is 5.56 Å². The SMILES string of the molecule is CCOC(=O)/C(=N/O)NC(=O)c1cc(C)ccc1[N+](=O)[O-]. The number of benzene rings is 1. The molecular weight excluding hydrogens is 282 g/mol. The van der Waals surface area contributed by atoms with Crippen LogP contribution in [0.3, 0.4) is 0 Å². The first kappa shape index (κ1) is 16.1. The number of esters is 1. The summed E-state index contributed by atoms with van der Waals surface area (Å²) in [5.74, 6) is -2.76. The van der Waals surface area contributed by atoms with E-state index < -0.39 is 28.3 Å². The first-order chi connectivity index (χ1) is 9.90. The molecule has 0 fully saturated rings. The molecule has 2 N–H and O–H groups in total. The maximum absolute atomic E-state index is 12.0. The Kier molecular flexibility index (Phi) is 5.35. The Morgan fingerprint density at radius 1 is 1.48 bits per heavy atom. The second-order valence-corrected chi connectivity index (χ2v) is 3.90. The van der Waals surface area contributed by atoms with Crippen LogP contribution in [0.4, 0.5) is 5.69 Å². The topological polar surface area (TPSA) is 131 Å². The number of carbonyl (C=O) groups excluding carboxylic acids is 2. The quantitative estimate of drug-likeness (QED) is 0.213. The van der Waals surface area contributed by atoms with Crippen LogP contribution in [0.5, 0.6) is 0 Å². The standard InChI is InChI=1S/C12H13N3O6/c1-3-21-12(17)10(14-18)13-11(16)8-6-7(2)4-5-9(8)15(19)20/h4-6,18H,3H2,1-2H3,(H,13,14,16). The lowest BCUT2D eigenvalue weighted by Crippen LogP contribution is -2.37. The lowest BCUT2D eigenvalue weighted by Gasteiger charge is -2.07. The van der Waals surface area contributed by atoms with Gasteiger partial charge in [-0.1, -0.05) is 11.2 Å². The summed E-state index contributed by atoms with van der Waals surface area (Å²) < 4.78 is 4.55. The number of rotatable bonds is 3. The fraction of sp³-hybridized carbons (Fsp3) is 0.250. The number of carbonyl (C=O) groups is 2. The Balaban J connectivity index is 3.06. The molecule has 9 heteroatoms. The summed E-state index contributed by atoms with van der Waals surface area (Å²) in [7, 11) is 0. The Hall–Kier alpha value is -2.97. The van der Waals surface area contributed by atoms with E-state index in [0.717, 1.165) is 0 Å². The molecule has 112 valence electrons. The fourth-order valence-corrected chi connectivity index (χ4v) is 1.48. The van der Waals surface area contributed by atoms with Crippen molar-refractivity contribution in [3.63, 3.8) is 0 Å². The highest BCUT2D eigenvalue weighted by Crippen LogP contribution is 2.19. The van der Waals surface area contributed by atoms with Crippen LogP contribution < -0.4 is 5.32 Å². The van der Waals surface area contributed by atoms with Gasteiger partial charge < -0.3 is 9.94 Å². The van der Waals surface area contributed by atoms with Gasteiger partial charge in [0.2, 0.25) is 0 Å². The summed E-state index contributed by atoms with van der Waals surface area (Å²) in [5.41, 5.74) is -0.0749. The smallest absolute Gasteiger partial charge is 0.377 e. The van der Waals surface area contributed by atoms with Crippen molar-refractivity contribution in [2.45, 2.75) is 13.8 Å². The van der Waals surface area contributed by atoms with Crippen molar-refractivity contribution in [3.05, 3.63) is 39.4 Å². The van der Waals surface area contributed by atoms with E-state index in [1.807, 2.05) is 5.32 Å². The second-order valence-electron chi connectivity index (χ2n) is 3.90. The molecule has 1 aromatic carbocycles. The van der Waals surface area contributed by atoms with Crippen molar-refractivity contribution in [1.29, 1.82) is 0 Å². The number of nitrogens with zero attached hydrogens (tertiary/aromatic N) is 2. The van der Waals surface area contributed by atoms with E-state index in [9.17, 15) is 19.7 Å². The molecule has 1 amide bonds. The van der Waals surface area contributed by atoms with Gasteiger partial charge >= 0.3 is 5.97 Å². The highest BCUT2D eigenvalue weighted by molar-refractivity contribution is 6.38. The van der Waals surface area contributed by atoms with Crippen LogP contribution in [0, 0.1) is 17.0 Å². The average molecular weight is 295 g/mol. The molecule has 0 aliphatic heterocycles. The molecule has 0 atom stereocenters. The molecule has 0 spiro atoms. The lowest BCUT2D eigenvalue weighted by molar-refractivity contribution is -0.385. The molecule has 0 saturated carbocycles. The summed E-state index contributed by atoms with van der Waals surface area (Å²) >= 11 is 0. The Morgan fingerprint density at radius 2 is 2.14 bits per heavy atom. The third kappa shape index (κ3) is 4.00. The molecule has 9 nitrogen and oxygen atoms in total. The first-order valence-electron chi connectivity index (χ1n) is 5.86. The summed E-state index contributed by atoms with van der Waals surface area (Å²) in [5, 5.41) is 24.2. The molecule has 0 bridgehead atoms. The zero-order valence-corrected chi connectivity index (χ0v) is 11.3. The molecular formula is C12H13N3O6. The number of nitro benzene ring substituents is 1. The second kappa shape index (κ2) is 6.98. The molecule has 1 rings (SSSR count). The molecule has 0 heterocycles. The number of nitro groups is 1. The molecule has 0 radical (unpaired) electrons. The van der Waals surface area contributed by atoms with Crippen molar-refractivity contribution in [3.8, 4) is 0 Å². The molecule has 0 unspecified atom stereocenters. The number of ether oxygens (including phenoxy) is 1. The van der Waals surface area contributed by atoms with Gasteiger partial charge in [-0.25, -0.2) is 4.79 Å². The van der Waals surface area contributed by atoms with Crippen molar-refractivity contribution in [1.82, 2.24) is 5.32 Å². The number of oxime groups is 1. The van der Waals surface area contributed by atoms with Gasteiger partial charge in [-0.2, -0.15) is 0 Å². The highest BCUT2D eigenvalue weighted by Gasteiger charge is 2.24. The van der Waals surface area contributed by atoms with E-state index in [2.05, 4.69) is 9.89 Å². The van der Waals surface area contributed by atoms with Gasteiger partial charge in [-0.15, -0.1) is 0 Å². The van der Waals surface area contributed by atoms with Crippen molar-refractivity contribution < 1.29 is 24.5 Å². The van der Waals surface area contributed by atoms with Crippen LogP contribution in [0.15, 0.2) is 23.4 Å². The van der Waals surface area contributed by atoms with Crippen LogP contribution in [0.2, 0.25) is 0 Å². The maximum Gasteiger partial charge on any atom is 0.377 e. The Labute approximate surface area is 119 Å². The van der Waals surface area contributed by atoms with Gasteiger partial charge in [0.05, 0.1) is 11.5 Å². The molecule has 1 aromatic rings. The van der Waals surface area contributed by atoms with Gasteiger partial charge in [0.25, 0.3) is 17.4 Å². The van der Waals surface area contributed by atoms with Crippen LogP contribution in [0.1, 0.15) is 22.8 Å². The predicted molar refractivity (Wildman–Crippen MR) is 71.2 cm³/mol. The average Bonchev–Trinajstić information content (AvgIpc) is 2.44. The highest BCUT2D eigenvalue weighted by atomic mass is 16.6. The van der Waals surface area contributed by atoms with Gasteiger partial charge in [0.15, 0.2) is 0 Å². The van der Waals surface area contributed by atoms with Crippen molar-refractivity contribution in [2.75, 3.05) is 6.61 Å². The number of nitrogens with one attached hydrogen (secondary N) is 1. The third-order valence-electron chi connectivity index (χ3n) is 2.39. The minimum atomic E-state index is -1.05. The van der Waals surface area contributed by atoms with Crippen LogP contribution in [-0.2, 0) is 9.53 Å². The van der Waals surface area contributed by atoms with Crippen LogP contribution >= 0.6 is 0 Å². The normalized spacial score (nSPS) is 10.9. The molecule has 0 aliphatic carbocycles. The van der Waals surface area contributed by atoms with Gasteiger partial charge in [-0.3, -0.25) is 20.2 Å². The zero-order chi connectivity index (χ0) is 16.0. The minimum absolute atomic E-state index is 0.0122. The number of hydrogen-bond acceptors (Lipinski definition) is 7. The number of amidine groups is 1. The molecule has 0 saturated heterocycles. The monoisotopic (exact) mass is 295 g/mol. The van der Waals surface area contributed by atoms with E-state index in [0.29, 0.717) is 5.56 Å². The first-order valence-corrected chi connectivity index (χ1v) is 5.86. The molecule has 0 aliphatic rings. The maximum atomic E-state index is 12.0. The Bertz CT molecular complexity index is 611. The zero-order valence-electron chi connectivity index (χ0n) is 11.3. The third-order valence-corrected chi connectivity index (χ3v) is 2.39. The van der Waals surface area contributed by atoms with Crippen LogP contribution in [-0.4, -0.2) is 34.4 Å². The van der Waals surface area contributed by atoms with Gasteiger partial charge in [0, 0.05) is 6.07 Å². The van der Waals surface area contributed by atoms with E-state index >= 15 is 0 Å². The molecule has 0 aromatic heterocycles. The summed E-state index contributed by atoms with van der Waals surface area (Å²) in [6.07, 6.45) is 0. The van der Waals surface area contributed by atoms with E-state index in [-0.39, 0.29) is 12.2 Å². The Morgan fingerprint density at radius 3 is 2.67 bits per heavy atom. The van der Waals surface area contributed by atoms with Gasteiger partial charge in [-0.05, 0) is 25.5 Å².